The first-order chi connectivity index (χ1) is 11.3. The molecule has 0 fully saturated rings. The number of methoxy groups -OCH3 is 1. The number of H-pyrrole nitrogens is 1. The summed E-state index contributed by atoms with van der Waals surface area (Å²) >= 11 is 5.30. The van der Waals surface area contributed by atoms with Crippen molar-refractivity contribution in [2.24, 2.45) is 0 Å². The molecular weight excluding hydrogens is 308 g/mol. The minimum atomic E-state index is 0.541. The molecule has 0 atom stereocenters. The highest BCUT2D eigenvalue weighted by atomic mass is 32.1. The molecule has 0 amide bonds. The lowest BCUT2D eigenvalue weighted by molar-refractivity contribution is 0.409. The predicted octanol–water partition coefficient (Wildman–Crippen LogP) is 3.10. The summed E-state index contributed by atoms with van der Waals surface area (Å²) in [6.45, 7) is 0.715. The molecule has 0 saturated heterocycles. The monoisotopic (exact) mass is 326 g/mol. The Bertz CT molecular complexity index is 782. The standard InChI is InChI=1S/C17H18N4OS/c1-22-15-9-5-2-6-12(15)10-11-18-17(23)21-16-19-13-7-3-4-8-14(13)20-16/h2-9H,10-11H2,1H3,(H3,18,19,20,21,23). The summed E-state index contributed by atoms with van der Waals surface area (Å²) < 4.78 is 5.34. The molecule has 0 spiro atoms. The van der Waals surface area contributed by atoms with Crippen molar-refractivity contribution in [2.75, 3.05) is 19.0 Å². The van der Waals surface area contributed by atoms with E-state index in [0.717, 1.165) is 28.8 Å². The summed E-state index contributed by atoms with van der Waals surface area (Å²) in [4.78, 5) is 7.62. The van der Waals surface area contributed by atoms with Crippen LogP contribution in [0.1, 0.15) is 5.56 Å². The normalized spacial score (nSPS) is 10.5. The number of aromatic amines is 1. The maximum absolute atomic E-state index is 5.34. The predicted molar refractivity (Wildman–Crippen MR) is 97.0 cm³/mol. The molecule has 3 N–H and O–H groups in total. The summed E-state index contributed by atoms with van der Waals surface area (Å²) in [5.74, 6) is 1.53. The Morgan fingerprint density at radius 2 is 1.96 bits per heavy atom. The van der Waals surface area contributed by atoms with Gasteiger partial charge in [0.1, 0.15) is 5.75 Å². The van der Waals surface area contributed by atoms with Gasteiger partial charge in [0, 0.05) is 6.54 Å². The molecule has 6 heteroatoms. The zero-order valence-corrected chi connectivity index (χ0v) is 13.6. The van der Waals surface area contributed by atoms with Gasteiger partial charge in [0.05, 0.1) is 18.1 Å². The van der Waals surface area contributed by atoms with Crippen molar-refractivity contribution in [1.82, 2.24) is 15.3 Å². The summed E-state index contributed by atoms with van der Waals surface area (Å²) in [6, 6.07) is 15.8. The van der Waals surface area contributed by atoms with Crippen LogP contribution in [0.3, 0.4) is 0 Å². The summed E-state index contributed by atoms with van der Waals surface area (Å²) in [7, 11) is 1.68. The Morgan fingerprint density at radius 1 is 1.17 bits per heavy atom. The van der Waals surface area contributed by atoms with Crippen molar-refractivity contribution >= 4 is 34.3 Å². The molecule has 0 aliphatic heterocycles. The first kappa shape index (κ1) is 15.3. The number of rotatable bonds is 5. The van der Waals surface area contributed by atoms with Crippen molar-refractivity contribution in [3.05, 3.63) is 54.1 Å². The van der Waals surface area contributed by atoms with E-state index in [9.17, 15) is 0 Å². The van der Waals surface area contributed by atoms with Gasteiger partial charge in [-0.25, -0.2) is 4.98 Å². The van der Waals surface area contributed by atoms with Crippen molar-refractivity contribution in [2.45, 2.75) is 6.42 Å². The zero-order chi connectivity index (χ0) is 16.1. The number of ether oxygens (including phenoxy) is 1. The van der Waals surface area contributed by atoms with Crippen LogP contribution in [0.2, 0.25) is 0 Å². The van der Waals surface area contributed by atoms with Gasteiger partial charge in [-0.3, -0.25) is 0 Å². The van der Waals surface area contributed by atoms with Crippen molar-refractivity contribution in [1.29, 1.82) is 0 Å². The number of hydrogen-bond acceptors (Lipinski definition) is 3. The second-order valence-corrected chi connectivity index (χ2v) is 5.45. The maximum atomic E-state index is 5.34. The summed E-state index contributed by atoms with van der Waals surface area (Å²) in [6.07, 6.45) is 0.825. The number of nitrogens with one attached hydrogen (secondary N) is 3. The van der Waals surface area contributed by atoms with E-state index in [-0.39, 0.29) is 0 Å². The summed E-state index contributed by atoms with van der Waals surface area (Å²) in [5, 5.41) is 6.79. The van der Waals surface area contributed by atoms with Gasteiger partial charge in [0.15, 0.2) is 5.11 Å². The number of thiocarbonyl (C=S) groups is 1. The van der Waals surface area contributed by atoms with E-state index in [1.807, 2.05) is 42.5 Å². The molecule has 0 radical (unpaired) electrons. The molecule has 0 aliphatic rings. The molecule has 3 rings (SSSR count). The number of anilines is 1. The van der Waals surface area contributed by atoms with E-state index in [1.54, 1.807) is 7.11 Å². The van der Waals surface area contributed by atoms with Gasteiger partial charge < -0.3 is 20.4 Å². The average Bonchev–Trinajstić information content (AvgIpc) is 2.97. The van der Waals surface area contributed by atoms with Crippen LogP contribution in [0.4, 0.5) is 5.95 Å². The average molecular weight is 326 g/mol. The van der Waals surface area contributed by atoms with Gasteiger partial charge in [-0.15, -0.1) is 0 Å². The van der Waals surface area contributed by atoms with E-state index >= 15 is 0 Å². The fourth-order valence-electron chi connectivity index (χ4n) is 2.38. The highest BCUT2D eigenvalue weighted by Crippen LogP contribution is 2.17. The third-order valence-corrected chi connectivity index (χ3v) is 3.74. The lowest BCUT2D eigenvalue weighted by Crippen LogP contribution is -2.30. The van der Waals surface area contributed by atoms with Gasteiger partial charge >= 0.3 is 0 Å². The largest absolute Gasteiger partial charge is 0.496 e. The molecule has 2 aromatic carbocycles. The number of nitrogens with zero attached hydrogens (tertiary/aromatic N) is 1. The first-order valence-electron chi connectivity index (χ1n) is 7.38. The van der Waals surface area contributed by atoms with E-state index in [2.05, 4.69) is 26.7 Å². The van der Waals surface area contributed by atoms with Crippen LogP contribution in [0, 0.1) is 0 Å². The number of benzene rings is 2. The molecule has 0 saturated carbocycles. The van der Waals surface area contributed by atoms with E-state index < -0.39 is 0 Å². The highest BCUT2D eigenvalue weighted by Gasteiger charge is 2.05. The van der Waals surface area contributed by atoms with Crippen LogP contribution in [-0.4, -0.2) is 28.7 Å². The van der Waals surface area contributed by atoms with Gasteiger partial charge in [0.2, 0.25) is 5.95 Å². The molecule has 0 unspecified atom stereocenters. The fraction of sp³-hybridized carbons (Fsp3) is 0.176. The van der Waals surface area contributed by atoms with E-state index in [1.165, 1.54) is 0 Å². The highest BCUT2D eigenvalue weighted by molar-refractivity contribution is 7.80. The van der Waals surface area contributed by atoms with Crippen LogP contribution in [0.25, 0.3) is 11.0 Å². The zero-order valence-electron chi connectivity index (χ0n) is 12.8. The Labute approximate surface area is 140 Å². The minimum Gasteiger partial charge on any atom is -0.496 e. The van der Waals surface area contributed by atoms with Crippen LogP contribution in [0.15, 0.2) is 48.5 Å². The molecule has 1 heterocycles. The Balaban J connectivity index is 1.53. The molecular formula is C17H18N4OS. The van der Waals surface area contributed by atoms with Gasteiger partial charge in [0.25, 0.3) is 0 Å². The van der Waals surface area contributed by atoms with Crippen molar-refractivity contribution in [3.63, 3.8) is 0 Å². The van der Waals surface area contributed by atoms with Crippen LogP contribution in [-0.2, 0) is 6.42 Å². The first-order valence-corrected chi connectivity index (χ1v) is 7.78. The number of imidazole rings is 1. The van der Waals surface area contributed by atoms with Crippen molar-refractivity contribution in [3.8, 4) is 5.75 Å². The smallest absolute Gasteiger partial charge is 0.207 e. The van der Waals surface area contributed by atoms with E-state index in [0.29, 0.717) is 17.6 Å². The number of fused-ring (bicyclic) bond motifs is 1. The van der Waals surface area contributed by atoms with Crippen LogP contribution in [0.5, 0.6) is 5.75 Å². The quantitative estimate of drug-likeness (QED) is 0.629. The lowest BCUT2D eigenvalue weighted by atomic mass is 10.1. The minimum absolute atomic E-state index is 0.541. The SMILES string of the molecule is COc1ccccc1CCNC(=S)Nc1nc2ccccc2[nH]1. The molecule has 23 heavy (non-hydrogen) atoms. The number of aromatic nitrogens is 2. The lowest BCUT2D eigenvalue weighted by Gasteiger charge is -2.10. The molecule has 5 nitrogen and oxygen atoms in total. The van der Waals surface area contributed by atoms with Gasteiger partial charge in [-0.2, -0.15) is 0 Å². The third-order valence-electron chi connectivity index (χ3n) is 3.49. The van der Waals surface area contributed by atoms with Gasteiger partial charge in [-0.1, -0.05) is 30.3 Å². The Morgan fingerprint density at radius 3 is 2.78 bits per heavy atom. The number of hydrogen-bond donors (Lipinski definition) is 3. The summed E-state index contributed by atoms with van der Waals surface area (Å²) in [5.41, 5.74) is 3.03. The molecule has 118 valence electrons. The van der Waals surface area contributed by atoms with Crippen molar-refractivity contribution < 1.29 is 4.74 Å². The third kappa shape index (κ3) is 3.78. The Hall–Kier alpha value is -2.60. The molecule has 0 bridgehead atoms. The Kier molecular flexibility index (Phi) is 4.73. The second kappa shape index (κ2) is 7.11. The molecule has 3 aromatic rings. The second-order valence-electron chi connectivity index (χ2n) is 5.05. The fourth-order valence-corrected chi connectivity index (χ4v) is 2.58. The molecule has 0 aliphatic carbocycles. The van der Waals surface area contributed by atoms with E-state index in [4.69, 9.17) is 17.0 Å². The maximum Gasteiger partial charge on any atom is 0.207 e. The van der Waals surface area contributed by atoms with Gasteiger partial charge in [-0.05, 0) is 42.4 Å². The van der Waals surface area contributed by atoms with Crippen LogP contribution >= 0.6 is 12.2 Å². The van der Waals surface area contributed by atoms with Crippen LogP contribution < -0.4 is 15.4 Å². The number of para-hydroxylation sites is 3. The molecule has 1 aromatic heterocycles. The topological polar surface area (TPSA) is 62.0 Å².